The Morgan fingerprint density at radius 2 is 1.45 bits per heavy atom. The van der Waals surface area contributed by atoms with Crippen LogP contribution in [0.1, 0.15) is 47.1 Å². The zero-order valence-corrected chi connectivity index (χ0v) is 15.7. The molecular formula is C18H29N3Si. The molecule has 0 fully saturated rings. The lowest BCUT2D eigenvalue weighted by Crippen LogP contribution is -2.56. The summed E-state index contributed by atoms with van der Waals surface area (Å²) in [4.78, 5) is 0. The summed E-state index contributed by atoms with van der Waals surface area (Å²) in [6.07, 6.45) is 2.21. The summed E-state index contributed by atoms with van der Waals surface area (Å²) >= 11 is 0. The van der Waals surface area contributed by atoms with Gasteiger partial charge >= 0.3 is 0 Å². The predicted octanol–water partition coefficient (Wildman–Crippen LogP) is 4.21. The van der Waals surface area contributed by atoms with Crippen LogP contribution in [-0.4, -0.2) is 23.1 Å². The van der Waals surface area contributed by atoms with Gasteiger partial charge < -0.3 is 0 Å². The van der Waals surface area contributed by atoms with Crippen LogP contribution in [0.3, 0.4) is 0 Å². The van der Waals surface area contributed by atoms with Crippen molar-refractivity contribution in [1.82, 2.24) is 15.0 Å². The highest BCUT2D eigenvalue weighted by Gasteiger charge is 2.46. The fourth-order valence-electron chi connectivity index (χ4n) is 4.23. The van der Waals surface area contributed by atoms with Crippen LogP contribution < -0.4 is 5.32 Å². The number of hydrogen-bond acceptors (Lipinski definition) is 2. The van der Waals surface area contributed by atoms with Crippen molar-refractivity contribution in [3.63, 3.8) is 0 Å². The van der Waals surface area contributed by atoms with Gasteiger partial charge in [0.2, 0.25) is 0 Å². The summed E-state index contributed by atoms with van der Waals surface area (Å²) < 4.78 is 2.00. The lowest BCUT2D eigenvalue weighted by molar-refractivity contribution is 0.650. The summed E-state index contributed by atoms with van der Waals surface area (Å²) in [6.45, 7) is 15.0. The van der Waals surface area contributed by atoms with Gasteiger partial charge in [-0.3, -0.25) is 0 Å². The Labute approximate surface area is 135 Å². The standard InChI is InChI=1S/C18H29N3Si/c1-14(2)22(15(3)4,16(5)6)18-13-21(20-19-18)12-17-10-8-7-9-11-17/h7-11,13-16H,12H2,1-6H3. The topological polar surface area (TPSA) is 30.7 Å². The first-order valence-corrected chi connectivity index (χ1v) is 10.6. The summed E-state index contributed by atoms with van der Waals surface area (Å²) in [5.41, 5.74) is 3.25. The first kappa shape index (κ1) is 16.9. The Bertz CT molecular complexity index is 566. The number of rotatable bonds is 6. The molecule has 0 bridgehead atoms. The van der Waals surface area contributed by atoms with E-state index < -0.39 is 8.07 Å². The molecule has 4 heteroatoms. The van der Waals surface area contributed by atoms with Gasteiger partial charge in [0.05, 0.1) is 11.9 Å². The highest BCUT2D eigenvalue weighted by atomic mass is 28.3. The molecule has 0 spiro atoms. The number of nitrogens with zero attached hydrogens (tertiary/aromatic N) is 3. The zero-order valence-electron chi connectivity index (χ0n) is 14.7. The monoisotopic (exact) mass is 315 g/mol. The van der Waals surface area contributed by atoms with Crippen LogP contribution in [0.5, 0.6) is 0 Å². The Hall–Kier alpha value is -1.42. The fraction of sp³-hybridized carbons (Fsp3) is 0.556. The molecule has 1 heterocycles. The number of aromatic nitrogens is 3. The smallest absolute Gasteiger partial charge is 0.122 e. The van der Waals surface area contributed by atoms with Crippen molar-refractivity contribution in [1.29, 1.82) is 0 Å². The van der Waals surface area contributed by atoms with Crippen molar-refractivity contribution in [2.75, 3.05) is 0 Å². The molecule has 22 heavy (non-hydrogen) atoms. The maximum absolute atomic E-state index is 4.62. The Morgan fingerprint density at radius 3 is 1.95 bits per heavy atom. The second-order valence-corrected chi connectivity index (χ2v) is 13.0. The fourth-order valence-corrected chi connectivity index (χ4v) is 10.6. The molecule has 0 aliphatic carbocycles. The quantitative estimate of drug-likeness (QED) is 0.748. The number of benzene rings is 1. The van der Waals surface area contributed by atoms with Gasteiger partial charge in [0.1, 0.15) is 8.07 Å². The van der Waals surface area contributed by atoms with Crippen LogP contribution in [0.4, 0.5) is 0 Å². The third-order valence-electron chi connectivity index (χ3n) is 5.04. The maximum Gasteiger partial charge on any atom is 0.122 e. The average Bonchev–Trinajstić information content (AvgIpc) is 2.88. The van der Waals surface area contributed by atoms with E-state index in [2.05, 4.69) is 82.3 Å². The van der Waals surface area contributed by atoms with Crippen LogP contribution in [0, 0.1) is 0 Å². The molecular weight excluding hydrogens is 286 g/mol. The highest BCUT2D eigenvalue weighted by molar-refractivity contribution is 6.94. The van der Waals surface area contributed by atoms with E-state index in [1.165, 1.54) is 10.9 Å². The summed E-state index contributed by atoms with van der Waals surface area (Å²) in [5.74, 6) is 0. The minimum absolute atomic E-state index is 0.661. The molecule has 1 aromatic heterocycles. The van der Waals surface area contributed by atoms with Crippen LogP contribution in [0.15, 0.2) is 36.5 Å². The molecule has 0 aliphatic rings. The average molecular weight is 316 g/mol. The van der Waals surface area contributed by atoms with E-state index in [0.29, 0.717) is 16.6 Å². The first-order valence-electron chi connectivity index (χ1n) is 8.33. The second kappa shape index (κ2) is 6.78. The Kier molecular flexibility index (Phi) is 5.22. The molecule has 0 radical (unpaired) electrons. The molecule has 2 aromatic rings. The van der Waals surface area contributed by atoms with E-state index in [0.717, 1.165) is 6.54 Å². The SMILES string of the molecule is CC(C)[Si](c1cn(Cc2ccccc2)nn1)(C(C)C)C(C)C. The van der Waals surface area contributed by atoms with Crippen molar-refractivity contribution >= 4 is 13.4 Å². The van der Waals surface area contributed by atoms with E-state index in [1.54, 1.807) is 0 Å². The van der Waals surface area contributed by atoms with Crippen molar-refractivity contribution < 1.29 is 0 Å². The Balaban J connectivity index is 2.35. The van der Waals surface area contributed by atoms with E-state index in [1.807, 2.05) is 10.7 Å². The van der Waals surface area contributed by atoms with Gasteiger partial charge in [-0.2, -0.15) is 0 Å². The summed E-state index contributed by atoms with van der Waals surface area (Å²) in [7, 11) is -1.69. The van der Waals surface area contributed by atoms with Crippen LogP contribution in [-0.2, 0) is 6.54 Å². The lowest BCUT2D eigenvalue weighted by atomic mass is 10.2. The van der Waals surface area contributed by atoms with E-state index in [4.69, 9.17) is 0 Å². The summed E-state index contributed by atoms with van der Waals surface area (Å²) in [6, 6.07) is 10.5. The van der Waals surface area contributed by atoms with Gasteiger partial charge in [-0.25, -0.2) is 4.68 Å². The second-order valence-electron chi connectivity index (χ2n) is 7.18. The maximum atomic E-state index is 4.62. The van der Waals surface area contributed by atoms with E-state index >= 15 is 0 Å². The van der Waals surface area contributed by atoms with Crippen LogP contribution >= 0.6 is 0 Å². The third kappa shape index (κ3) is 3.02. The molecule has 3 nitrogen and oxygen atoms in total. The van der Waals surface area contributed by atoms with Gasteiger partial charge in [0.15, 0.2) is 0 Å². The van der Waals surface area contributed by atoms with Gasteiger partial charge in [-0.1, -0.05) is 77.1 Å². The predicted molar refractivity (Wildman–Crippen MR) is 96.2 cm³/mol. The normalized spacial score (nSPS) is 12.6. The van der Waals surface area contributed by atoms with Gasteiger partial charge in [-0.05, 0) is 22.2 Å². The van der Waals surface area contributed by atoms with Crippen molar-refractivity contribution in [2.45, 2.75) is 64.7 Å². The van der Waals surface area contributed by atoms with Crippen molar-refractivity contribution in [3.05, 3.63) is 42.1 Å². The molecule has 2 rings (SSSR count). The van der Waals surface area contributed by atoms with Gasteiger partial charge in [0, 0.05) is 6.20 Å². The molecule has 0 amide bonds. The molecule has 0 saturated heterocycles. The lowest BCUT2D eigenvalue weighted by Gasteiger charge is -2.41. The molecule has 0 saturated carbocycles. The third-order valence-corrected chi connectivity index (χ3v) is 11.9. The molecule has 0 atom stereocenters. The van der Waals surface area contributed by atoms with E-state index in [-0.39, 0.29) is 0 Å². The largest absolute Gasteiger partial charge is 0.248 e. The minimum atomic E-state index is -1.69. The molecule has 0 aliphatic heterocycles. The highest BCUT2D eigenvalue weighted by Crippen LogP contribution is 2.40. The van der Waals surface area contributed by atoms with Crippen LogP contribution in [0.25, 0.3) is 0 Å². The first-order chi connectivity index (χ1) is 10.4. The van der Waals surface area contributed by atoms with Gasteiger partial charge in [-0.15, -0.1) is 5.10 Å². The van der Waals surface area contributed by atoms with Gasteiger partial charge in [0.25, 0.3) is 0 Å². The number of hydrogen-bond donors (Lipinski definition) is 0. The molecule has 0 unspecified atom stereocenters. The van der Waals surface area contributed by atoms with Crippen molar-refractivity contribution in [2.24, 2.45) is 0 Å². The molecule has 1 aromatic carbocycles. The Morgan fingerprint density at radius 1 is 0.909 bits per heavy atom. The van der Waals surface area contributed by atoms with Crippen molar-refractivity contribution in [3.8, 4) is 0 Å². The summed E-state index contributed by atoms with van der Waals surface area (Å²) in [5, 5.41) is 10.3. The zero-order chi connectivity index (χ0) is 16.3. The van der Waals surface area contributed by atoms with E-state index in [9.17, 15) is 0 Å². The molecule has 0 N–H and O–H groups in total. The minimum Gasteiger partial charge on any atom is -0.248 e. The van der Waals surface area contributed by atoms with Crippen LogP contribution in [0.2, 0.25) is 16.6 Å². The molecule has 120 valence electrons.